The Morgan fingerprint density at radius 1 is 0.952 bits per heavy atom. The summed E-state index contributed by atoms with van der Waals surface area (Å²) in [4.78, 5) is 0. The molecule has 0 spiro atoms. The van der Waals surface area contributed by atoms with Gasteiger partial charge in [-0.1, -0.05) is 61.9 Å². The lowest BCUT2D eigenvalue weighted by atomic mass is 10.1. The van der Waals surface area contributed by atoms with E-state index in [1.54, 1.807) is 0 Å². The highest BCUT2D eigenvalue weighted by molar-refractivity contribution is 5.89. The van der Waals surface area contributed by atoms with Gasteiger partial charge in [0.25, 0.3) is 0 Å². The van der Waals surface area contributed by atoms with Gasteiger partial charge in [-0.25, -0.2) is 0 Å². The fourth-order valence-electron chi connectivity index (χ4n) is 2.95. The number of hydrogen-bond donors (Lipinski definition) is 1. The minimum Gasteiger partial charge on any atom is -0.385 e. The molecule has 2 aromatic carbocycles. The Hall–Kier alpha value is -2.22. The molecular weight excluding hydrogens is 256 g/mol. The molecule has 3 rings (SSSR count). The van der Waals surface area contributed by atoms with E-state index in [9.17, 15) is 0 Å². The predicted molar refractivity (Wildman–Crippen MR) is 90.5 cm³/mol. The van der Waals surface area contributed by atoms with Crippen molar-refractivity contribution < 1.29 is 0 Å². The number of rotatable bonds is 5. The monoisotopic (exact) mass is 278 g/mol. The normalized spacial score (nSPS) is 11.1. The Balaban J connectivity index is 2.07. The number of fused-ring (bicyclic) bond motifs is 1. The van der Waals surface area contributed by atoms with Gasteiger partial charge in [-0.3, -0.25) is 0 Å². The average Bonchev–Trinajstić information content (AvgIpc) is 2.79. The molecule has 0 atom stereocenters. The summed E-state index contributed by atoms with van der Waals surface area (Å²) in [6, 6.07) is 19.1. The quantitative estimate of drug-likeness (QED) is 0.725. The molecular formula is C19H22N2. The SMILES string of the molecule is CCCCc1c(N)n(Cc2ccccc2)c2ccccc12. The molecule has 2 nitrogen and oxygen atoms in total. The van der Waals surface area contributed by atoms with Gasteiger partial charge in [0.15, 0.2) is 0 Å². The van der Waals surface area contributed by atoms with Crippen LogP contribution in [0.4, 0.5) is 5.82 Å². The molecule has 2 N–H and O–H groups in total. The maximum atomic E-state index is 6.47. The van der Waals surface area contributed by atoms with Crippen LogP contribution in [-0.4, -0.2) is 4.57 Å². The topological polar surface area (TPSA) is 30.9 Å². The van der Waals surface area contributed by atoms with Gasteiger partial charge in [-0.15, -0.1) is 0 Å². The van der Waals surface area contributed by atoms with E-state index in [0.717, 1.165) is 18.8 Å². The summed E-state index contributed by atoms with van der Waals surface area (Å²) >= 11 is 0. The molecule has 0 unspecified atom stereocenters. The predicted octanol–water partition coefficient (Wildman–Crippen LogP) is 4.61. The van der Waals surface area contributed by atoms with E-state index in [4.69, 9.17) is 5.73 Å². The maximum absolute atomic E-state index is 6.47. The number of nitrogens with two attached hydrogens (primary N) is 1. The van der Waals surface area contributed by atoms with Crippen molar-refractivity contribution in [3.63, 3.8) is 0 Å². The molecule has 0 fully saturated rings. The molecule has 0 bridgehead atoms. The summed E-state index contributed by atoms with van der Waals surface area (Å²) in [5.74, 6) is 0.925. The molecule has 0 aliphatic carbocycles. The molecule has 0 aliphatic heterocycles. The molecule has 0 amide bonds. The van der Waals surface area contributed by atoms with Gasteiger partial charge in [0, 0.05) is 17.5 Å². The van der Waals surface area contributed by atoms with Gasteiger partial charge in [-0.05, 0) is 24.5 Å². The number of benzene rings is 2. The van der Waals surface area contributed by atoms with E-state index in [1.165, 1.54) is 34.9 Å². The van der Waals surface area contributed by atoms with Gasteiger partial charge in [0.1, 0.15) is 5.82 Å². The molecule has 21 heavy (non-hydrogen) atoms. The van der Waals surface area contributed by atoms with Gasteiger partial charge >= 0.3 is 0 Å². The second-order valence-electron chi connectivity index (χ2n) is 5.56. The summed E-state index contributed by atoms with van der Waals surface area (Å²) in [6.07, 6.45) is 3.44. The Kier molecular flexibility index (Phi) is 3.96. The average molecular weight is 278 g/mol. The lowest BCUT2D eigenvalue weighted by molar-refractivity contribution is 0.790. The summed E-state index contributed by atoms with van der Waals surface area (Å²) in [6.45, 7) is 3.05. The van der Waals surface area contributed by atoms with E-state index >= 15 is 0 Å². The van der Waals surface area contributed by atoms with Gasteiger partial charge in [0.05, 0.1) is 5.52 Å². The highest BCUT2D eigenvalue weighted by Gasteiger charge is 2.14. The van der Waals surface area contributed by atoms with Crippen LogP contribution in [0, 0.1) is 0 Å². The van der Waals surface area contributed by atoms with Crippen LogP contribution in [0.3, 0.4) is 0 Å². The number of anilines is 1. The zero-order valence-electron chi connectivity index (χ0n) is 12.5. The standard InChI is InChI=1S/C19H22N2/c1-2-3-11-17-16-12-7-8-13-18(16)21(19(17)20)14-15-9-5-4-6-10-15/h4-10,12-13H,2-3,11,14,20H2,1H3. The van der Waals surface area contributed by atoms with Crippen molar-refractivity contribution in [3.05, 3.63) is 65.7 Å². The van der Waals surface area contributed by atoms with Crippen molar-refractivity contribution in [2.75, 3.05) is 5.73 Å². The van der Waals surface area contributed by atoms with Crippen molar-refractivity contribution in [1.82, 2.24) is 4.57 Å². The fraction of sp³-hybridized carbons (Fsp3) is 0.263. The largest absolute Gasteiger partial charge is 0.385 e. The molecule has 0 aliphatic rings. The van der Waals surface area contributed by atoms with E-state index in [1.807, 2.05) is 6.07 Å². The zero-order valence-corrected chi connectivity index (χ0v) is 12.5. The molecule has 2 heteroatoms. The van der Waals surface area contributed by atoms with Crippen molar-refractivity contribution in [3.8, 4) is 0 Å². The highest BCUT2D eigenvalue weighted by Crippen LogP contribution is 2.30. The van der Waals surface area contributed by atoms with Crippen molar-refractivity contribution in [2.45, 2.75) is 32.7 Å². The van der Waals surface area contributed by atoms with Crippen LogP contribution in [-0.2, 0) is 13.0 Å². The smallest absolute Gasteiger partial charge is 0.107 e. The van der Waals surface area contributed by atoms with E-state index in [-0.39, 0.29) is 0 Å². The number of nitrogens with zero attached hydrogens (tertiary/aromatic N) is 1. The Bertz CT molecular complexity index is 726. The second-order valence-corrected chi connectivity index (χ2v) is 5.56. The minimum absolute atomic E-state index is 0.833. The first-order valence-electron chi connectivity index (χ1n) is 7.70. The third kappa shape index (κ3) is 2.66. The van der Waals surface area contributed by atoms with Crippen molar-refractivity contribution in [1.29, 1.82) is 0 Å². The summed E-state index contributed by atoms with van der Waals surface area (Å²) < 4.78 is 2.25. The number of unbranched alkanes of at least 4 members (excludes halogenated alkanes) is 1. The summed E-state index contributed by atoms with van der Waals surface area (Å²) in [7, 11) is 0. The third-order valence-corrected chi connectivity index (χ3v) is 4.08. The molecule has 108 valence electrons. The number of para-hydroxylation sites is 1. The fourth-order valence-corrected chi connectivity index (χ4v) is 2.95. The van der Waals surface area contributed by atoms with Crippen LogP contribution >= 0.6 is 0 Å². The number of aryl methyl sites for hydroxylation is 1. The lowest BCUT2D eigenvalue weighted by Gasteiger charge is -2.08. The molecule has 1 heterocycles. The van der Waals surface area contributed by atoms with Crippen molar-refractivity contribution >= 4 is 16.7 Å². The van der Waals surface area contributed by atoms with Crippen LogP contribution in [0.5, 0.6) is 0 Å². The summed E-state index contributed by atoms with van der Waals surface area (Å²) in [5.41, 5.74) is 10.3. The molecule has 0 saturated carbocycles. The summed E-state index contributed by atoms with van der Waals surface area (Å²) in [5, 5.41) is 1.30. The van der Waals surface area contributed by atoms with Crippen LogP contribution in [0.15, 0.2) is 54.6 Å². The van der Waals surface area contributed by atoms with Gasteiger partial charge in [-0.2, -0.15) is 0 Å². The first kappa shape index (κ1) is 13.7. The first-order chi connectivity index (χ1) is 10.3. The second kappa shape index (κ2) is 6.04. The van der Waals surface area contributed by atoms with Gasteiger partial charge < -0.3 is 10.3 Å². The Morgan fingerprint density at radius 3 is 2.43 bits per heavy atom. The van der Waals surface area contributed by atoms with Crippen LogP contribution in [0.25, 0.3) is 10.9 Å². The van der Waals surface area contributed by atoms with Crippen LogP contribution in [0.1, 0.15) is 30.9 Å². The Labute approximate surface area is 126 Å². The zero-order chi connectivity index (χ0) is 14.7. The molecule has 0 radical (unpaired) electrons. The van der Waals surface area contributed by atoms with Gasteiger partial charge in [0.2, 0.25) is 0 Å². The van der Waals surface area contributed by atoms with Crippen LogP contribution < -0.4 is 5.73 Å². The van der Waals surface area contributed by atoms with Crippen LogP contribution in [0.2, 0.25) is 0 Å². The minimum atomic E-state index is 0.833. The Morgan fingerprint density at radius 2 is 1.67 bits per heavy atom. The molecule has 0 saturated heterocycles. The first-order valence-corrected chi connectivity index (χ1v) is 7.70. The number of aromatic nitrogens is 1. The highest BCUT2D eigenvalue weighted by atomic mass is 15.0. The number of hydrogen-bond acceptors (Lipinski definition) is 1. The lowest BCUT2D eigenvalue weighted by Crippen LogP contribution is -2.05. The van der Waals surface area contributed by atoms with E-state index in [2.05, 4.69) is 60.0 Å². The van der Waals surface area contributed by atoms with E-state index < -0.39 is 0 Å². The maximum Gasteiger partial charge on any atom is 0.107 e. The molecule has 1 aromatic heterocycles. The molecule has 3 aromatic rings. The third-order valence-electron chi connectivity index (χ3n) is 4.08. The van der Waals surface area contributed by atoms with E-state index in [0.29, 0.717) is 0 Å². The number of nitrogen functional groups attached to an aromatic ring is 1. The van der Waals surface area contributed by atoms with Crippen molar-refractivity contribution in [2.24, 2.45) is 0 Å².